The van der Waals surface area contributed by atoms with Gasteiger partial charge in [-0.15, -0.1) is 6.42 Å². The van der Waals surface area contributed by atoms with Crippen LogP contribution in [0, 0.1) is 12.3 Å². The number of carbonyl (C=O) groups is 1. The van der Waals surface area contributed by atoms with Crippen molar-refractivity contribution in [2.45, 2.75) is 13.3 Å². The molecular formula is C28H23N3O. The molecule has 0 unspecified atom stereocenters. The number of allylic oxidation sites excluding steroid dienone is 1. The molecule has 0 aromatic heterocycles. The molecule has 4 heteroatoms. The summed E-state index contributed by atoms with van der Waals surface area (Å²) in [7, 11) is 0. The van der Waals surface area contributed by atoms with E-state index in [0.29, 0.717) is 23.6 Å². The van der Waals surface area contributed by atoms with Crippen molar-refractivity contribution in [1.82, 2.24) is 10.2 Å². The summed E-state index contributed by atoms with van der Waals surface area (Å²) in [5, 5.41) is 3.48. The van der Waals surface area contributed by atoms with Crippen LogP contribution in [0.3, 0.4) is 0 Å². The first kappa shape index (κ1) is 20.9. The van der Waals surface area contributed by atoms with E-state index in [4.69, 9.17) is 11.4 Å². The SMILES string of the molecule is C#CC1=C(c2ccccc2)NC(c2ccccc2)=C(/N=C(\C)Cc2ccccc2)N1C=O. The summed E-state index contributed by atoms with van der Waals surface area (Å²) in [5.74, 6) is 3.17. The highest BCUT2D eigenvalue weighted by atomic mass is 16.1. The molecule has 1 N–H and O–H groups in total. The van der Waals surface area contributed by atoms with Crippen molar-refractivity contribution in [3.05, 3.63) is 119 Å². The topological polar surface area (TPSA) is 44.7 Å². The molecule has 0 saturated carbocycles. The monoisotopic (exact) mass is 417 g/mol. The number of nitrogens with one attached hydrogen (secondary N) is 1. The molecule has 0 bridgehead atoms. The number of hydrogen-bond donors (Lipinski definition) is 1. The van der Waals surface area contributed by atoms with Gasteiger partial charge in [0.1, 0.15) is 5.70 Å². The Balaban J connectivity index is 1.85. The van der Waals surface area contributed by atoms with Crippen molar-refractivity contribution in [3.63, 3.8) is 0 Å². The molecule has 156 valence electrons. The second kappa shape index (κ2) is 9.63. The van der Waals surface area contributed by atoms with Gasteiger partial charge < -0.3 is 5.32 Å². The van der Waals surface area contributed by atoms with Crippen LogP contribution in [0.2, 0.25) is 0 Å². The van der Waals surface area contributed by atoms with Crippen LogP contribution >= 0.6 is 0 Å². The smallest absolute Gasteiger partial charge is 0.220 e. The second-order valence-electron chi connectivity index (χ2n) is 7.41. The summed E-state index contributed by atoms with van der Waals surface area (Å²) in [4.78, 5) is 18.6. The van der Waals surface area contributed by atoms with Crippen molar-refractivity contribution < 1.29 is 4.79 Å². The fourth-order valence-electron chi connectivity index (χ4n) is 3.67. The largest absolute Gasteiger partial charge is 0.349 e. The first-order valence-electron chi connectivity index (χ1n) is 10.4. The fourth-order valence-corrected chi connectivity index (χ4v) is 3.67. The van der Waals surface area contributed by atoms with Crippen molar-refractivity contribution in [2.75, 3.05) is 0 Å². The molecule has 0 saturated heterocycles. The van der Waals surface area contributed by atoms with Gasteiger partial charge in [-0.05, 0) is 18.4 Å². The van der Waals surface area contributed by atoms with Crippen LogP contribution in [0.4, 0.5) is 0 Å². The Labute approximate surface area is 188 Å². The molecule has 3 aromatic rings. The number of rotatable bonds is 6. The average Bonchev–Trinajstić information content (AvgIpc) is 2.85. The quantitative estimate of drug-likeness (QED) is 0.345. The normalized spacial score (nSPS) is 14.1. The Bertz CT molecular complexity index is 1230. The Morgan fingerprint density at radius 1 is 0.906 bits per heavy atom. The number of aliphatic imine (C=N–C) groups is 1. The van der Waals surface area contributed by atoms with Crippen LogP contribution < -0.4 is 5.32 Å². The second-order valence-corrected chi connectivity index (χ2v) is 7.41. The van der Waals surface area contributed by atoms with Crippen LogP contribution in [-0.4, -0.2) is 17.0 Å². The van der Waals surface area contributed by atoms with Gasteiger partial charge in [0.15, 0.2) is 5.82 Å². The number of benzene rings is 3. The fraction of sp³-hybridized carbons (Fsp3) is 0.0714. The maximum atomic E-state index is 12.3. The van der Waals surface area contributed by atoms with Gasteiger partial charge in [-0.25, -0.2) is 4.99 Å². The molecule has 1 amide bonds. The van der Waals surface area contributed by atoms with Gasteiger partial charge in [0, 0.05) is 23.3 Å². The molecule has 1 aliphatic heterocycles. The molecule has 0 radical (unpaired) electrons. The molecule has 1 heterocycles. The maximum Gasteiger partial charge on any atom is 0.220 e. The zero-order valence-corrected chi connectivity index (χ0v) is 17.8. The lowest BCUT2D eigenvalue weighted by Crippen LogP contribution is -2.32. The van der Waals surface area contributed by atoms with E-state index >= 15 is 0 Å². The van der Waals surface area contributed by atoms with E-state index in [9.17, 15) is 4.79 Å². The summed E-state index contributed by atoms with van der Waals surface area (Å²) >= 11 is 0. The summed E-state index contributed by atoms with van der Waals surface area (Å²) in [5.41, 5.74) is 5.67. The summed E-state index contributed by atoms with van der Waals surface area (Å²) < 4.78 is 0. The number of amides is 1. The standard InChI is InChI=1S/C28H23N3O/c1-3-25-26(23-15-9-5-10-16-23)30-27(24-17-11-6-12-18-24)28(31(25)20-32)29-21(2)19-22-13-7-4-8-14-22/h1,4-18,20,30H,19H2,2H3/b29-21+. The lowest BCUT2D eigenvalue weighted by Gasteiger charge is -2.31. The minimum atomic E-state index is 0.428. The molecule has 0 atom stereocenters. The Morgan fingerprint density at radius 3 is 1.97 bits per heavy atom. The summed E-state index contributed by atoms with van der Waals surface area (Å²) in [6, 6.07) is 29.7. The zero-order valence-electron chi connectivity index (χ0n) is 17.8. The van der Waals surface area contributed by atoms with Crippen molar-refractivity contribution in [1.29, 1.82) is 0 Å². The van der Waals surface area contributed by atoms with Crippen LogP contribution in [0.15, 0.2) is 108 Å². The van der Waals surface area contributed by atoms with Crippen LogP contribution in [0.25, 0.3) is 11.4 Å². The first-order chi connectivity index (χ1) is 15.7. The van der Waals surface area contributed by atoms with E-state index < -0.39 is 0 Å². The molecule has 1 aliphatic rings. The third-order valence-electron chi connectivity index (χ3n) is 5.15. The van der Waals surface area contributed by atoms with Gasteiger partial charge >= 0.3 is 0 Å². The molecule has 3 aromatic carbocycles. The van der Waals surface area contributed by atoms with E-state index in [0.717, 1.165) is 34.5 Å². The maximum absolute atomic E-state index is 12.3. The van der Waals surface area contributed by atoms with Crippen molar-refractivity contribution in [3.8, 4) is 12.3 Å². The number of carbonyl (C=O) groups excluding carboxylic acids is 1. The highest BCUT2D eigenvalue weighted by Gasteiger charge is 2.28. The molecule has 32 heavy (non-hydrogen) atoms. The molecule has 0 aliphatic carbocycles. The van der Waals surface area contributed by atoms with Gasteiger partial charge in [-0.2, -0.15) is 0 Å². The summed E-state index contributed by atoms with van der Waals surface area (Å²) in [6.45, 7) is 1.96. The summed E-state index contributed by atoms with van der Waals surface area (Å²) in [6.07, 6.45) is 7.28. The minimum absolute atomic E-state index is 0.428. The predicted molar refractivity (Wildman–Crippen MR) is 130 cm³/mol. The van der Waals surface area contributed by atoms with E-state index in [1.54, 1.807) is 0 Å². The molecule has 4 rings (SSSR count). The highest BCUT2D eigenvalue weighted by Crippen LogP contribution is 2.33. The Hall–Kier alpha value is -4.36. The zero-order chi connectivity index (χ0) is 22.3. The number of nitrogens with zero attached hydrogens (tertiary/aromatic N) is 2. The number of hydrogen-bond acceptors (Lipinski definition) is 3. The third kappa shape index (κ3) is 4.38. The lowest BCUT2D eigenvalue weighted by atomic mass is 10.0. The highest BCUT2D eigenvalue weighted by molar-refractivity contribution is 5.91. The van der Waals surface area contributed by atoms with Crippen LogP contribution in [-0.2, 0) is 11.2 Å². The lowest BCUT2D eigenvalue weighted by molar-refractivity contribution is -0.114. The first-order valence-corrected chi connectivity index (χ1v) is 10.4. The van der Waals surface area contributed by atoms with Crippen LogP contribution in [0.1, 0.15) is 23.6 Å². The molecule has 0 fully saturated rings. The molecular weight excluding hydrogens is 394 g/mol. The van der Waals surface area contributed by atoms with E-state index in [2.05, 4.69) is 23.4 Å². The van der Waals surface area contributed by atoms with Gasteiger partial charge in [0.25, 0.3) is 0 Å². The Morgan fingerprint density at radius 2 is 1.44 bits per heavy atom. The van der Waals surface area contributed by atoms with E-state index in [1.165, 1.54) is 4.90 Å². The van der Waals surface area contributed by atoms with Gasteiger partial charge in [-0.1, -0.05) is 91.0 Å². The predicted octanol–water partition coefficient (Wildman–Crippen LogP) is 5.08. The van der Waals surface area contributed by atoms with E-state index in [1.807, 2.05) is 85.8 Å². The van der Waals surface area contributed by atoms with Gasteiger partial charge in [0.2, 0.25) is 6.41 Å². The molecule has 0 spiro atoms. The molecule has 4 nitrogen and oxygen atoms in total. The minimum Gasteiger partial charge on any atom is -0.349 e. The van der Waals surface area contributed by atoms with Crippen molar-refractivity contribution >= 4 is 23.5 Å². The van der Waals surface area contributed by atoms with Crippen LogP contribution in [0.5, 0.6) is 0 Å². The third-order valence-corrected chi connectivity index (χ3v) is 5.15. The van der Waals surface area contributed by atoms with Gasteiger partial charge in [-0.3, -0.25) is 9.69 Å². The number of terminal acetylenes is 1. The Kier molecular flexibility index (Phi) is 6.29. The average molecular weight is 418 g/mol. The van der Waals surface area contributed by atoms with Crippen molar-refractivity contribution in [2.24, 2.45) is 4.99 Å². The van der Waals surface area contributed by atoms with E-state index in [-0.39, 0.29) is 0 Å². The van der Waals surface area contributed by atoms with Gasteiger partial charge in [0.05, 0.1) is 11.4 Å².